The van der Waals surface area contributed by atoms with Gasteiger partial charge in [-0.3, -0.25) is 0 Å². The summed E-state index contributed by atoms with van der Waals surface area (Å²) in [6.45, 7) is -0.290. The molecule has 6 heteroatoms. The maximum atomic E-state index is 12.4. The largest absolute Gasteiger partial charge is 0.384 e. The summed E-state index contributed by atoms with van der Waals surface area (Å²) < 4.78 is 27.6. The molecule has 1 aromatic carbocycles. The SMILES string of the molecule is O=S(=O)(NC1CCSCC1)c1ccccc1C#CCO. The van der Waals surface area contributed by atoms with Gasteiger partial charge in [-0.05, 0) is 36.5 Å². The van der Waals surface area contributed by atoms with Crippen molar-refractivity contribution in [3.63, 3.8) is 0 Å². The van der Waals surface area contributed by atoms with Gasteiger partial charge >= 0.3 is 0 Å². The van der Waals surface area contributed by atoms with E-state index in [9.17, 15) is 8.42 Å². The van der Waals surface area contributed by atoms with Crippen molar-refractivity contribution < 1.29 is 13.5 Å². The second-order valence-corrected chi connectivity index (χ2v) is 7.37. The van der Waals surface area contributed by atoms with E-state index in [1.807, 2.05) is 11.8 Å². The molecule has 1 fully saturated rings. The number of benzene rings is 1. The van der Waals surface area contributed by atoms with Crippen molar-refractivity contribution >= 4 is 21.8 Å². The van der Waals surface area contributed by atoms with Crippen LogP contribution in [0.3, 0.4) is 0 Å². The highest BCUT2D eigenvalue weighted by atomic mass is 32.2. The number of aliphatic hydroxyl groups excluding tert-OH is 1. The van der Waals surface area contributed by atoms with Crippen LogP contribution in [-0.2, 0) is 10.0 Å². The van der Waals surface area contributed by atoms with Gasteiger partial charge in [-0.15, -0.1) is 0 Å². The van der Waals surface area contributed by atoms with E-state index in [0.717, 1.165) is 24.3 Å². The zero-order valence-corrected chi connectivity index (χ0v) is 12.6. The lowest BCUT2D eigenvalue weighted by Gasteiger charge is -2.22. The Labute approximate surface area is 124 Å². The van der Waals surface area contributed by atoms with Crippen molar-refractivity contribution in [3.8, 4) is 11.8 Å². The molecule has 108 valence electrons. The van der Waals surface area contributed by atoms with Gasteiger partial charge in [-0.1, -0.05) is 24.0 Å². The lowest BCUT2D eigenvalue weighted by Crippen LogP contribution is -2.37. The molecule has 1 saturated heterocycles. The average molecular weight is 311 g/mol. The Morgan fingerprint density at radius 1 is 1.30 bits per heavy atom. The topological polar surface area (TPSA) is 66.4 Å². The van der Waals surface area contributed by atoms with E-state index in [0.29, 0.717) is 5.56 Å². The molecule has 1 aliphatic rings. The zero-order chi connectivity index (χ0) is 14.4. The monoisotopic (exact) mass is 311 g/mol. The van der Waals surface area contributed by atoms with Gasteiger partial charge in [0.2, 0.25) is 10.0 Å². The number of nitrogens with one attached hydrogen (secondary N) is 1. The predicted molar refractivity (Wildman–Crippen MR) is 81.1 cm³/mol. The summed E-state index contributed by atoms with van der Waals surface area (Å²) in [5.41, 5.74) is 0.416. The molecule has 2 N–H and O–H groups in total. The van der Waals surface area contributed by atoms with Gasteiger partial charge < -0.3 is 5.11 Å². The summed E-state index contributed by atoms with van der Waals surface area (Å²) in [6.07, 6.45) is 1.71. The molecule has 0 saturated carbocycles. The second kappa shape index (κ2) is 7.14. The van der Waals surface area contributed by atoms with E-state index in [2.05, 4.69) is 16.6 Å². The lowest BCUT2D eigenvalue weighted by atomic mass is 10.2. The molecular weight excluding hydrogens is 294 g/mol. The quantitative estimate of drug-likeness (QED) is 0.823. The van der Waals surface area contributed by atoms with Crippen LogP contribution in [0.1, 0.15) is 18.4 Å². The van der Waals surface area contributed by atoms with E-state index >= 15 is 0 Å². The van der Waals surface area contributed by atoms with Gasteiger partial charge in [-0.2, -0.15) is 11.8 Å². The van der Waals surface area contributed by atoms with Crippen molar-refractivity contribution in [2.75, 3.05) is 18.1 Å². The Hall–Kier alpha value is -1.00. The van der Waals surface area contributed by atoms with Crippen LogP contribution >= 0.6 is 11.8 Å². The van der Waals surface area contributed by atoms with Gasteiger partial charge in [0.25, 0.3) is 0 Å². The molecule has 0 bridgehead atoms. The minimum atomic E-state index is -3.56. The van der Waals surface area contributed by atoms with E-state index in [4.69, 9.17) is 5.11 Å². The van der Waals surface area contributed by atoms with Gasteiger partial charge in [0.05, 0.1) is 4.90 Å². The molecule has 0 spiro atoms. The minimum absolute atomic E-state index is 0.0000992. The van der Waals surface area contributed by atoms with E-state index < -0.39 is 10.0 Å². The maximum Gasteiger partial charge on any atom is 0.242 e. The molecule has 0 aromatic heterocycles. The first-order valence-electron chi connectivity index (χ1n) is 6.42. The van der Waals surface area contributed by atoms with Crippen molar-refractivity contribution in [2.45, 2.75) is 23.8 Å². The summed E-state index contributed by atoms with van der Waals surface area (Å²) in [4.78, 5) is 0.180. The molecule has 0 aliphatic carbocycles. The number of thioether (sulfide) groups is 1. The van der Waals surface area contributed by atoms with Crippen molar-refractivity contribution in [3.05, 3.63) is 29.8 Å². The van der Waals surface area contributed by atoms with Crippen LogP contribution in [0, 0.1) is 11.8 Å². The zero-order valence-electron chi connectivity index (χ0n) is 11.0. The molecule has 0 amide bonds. The molecule has 20 heavy (non-hydrogen) atoms. The molecule has 0 radical (unpaired) electrons. The van der Waals surface area contributed by atoms with Crippen LogP contribution in [-0.4, -0.2) is 37.7 Å². The number of aliphatic hydroxyl groups is 1. The average Bonchev–Trinajstić information content (AvgIpc) is 2.46. The summed E-state index contributed by atoms with van der Waals surface area (Å²) in [6, 6.07) is 6.60. The van der Waals surface area contributed by atoms with Crippen LogP contribution in [0.5, 0.6) is 0 Å². The summed E-state index contributed by atoms with van der Waals surface area (Å²) >= 11 is 1.85. The van der Waals surface area contributed by atoms with E-state index in [1.54, 1.807) is 24.3 Å². The Morgan fingerprint density at radius 2 is 2.00 bits per heavy atom. The molecule has 2 rings (SSSR count). The first-order chi connectivity index (χ1) is 9.63. The Morgan fingerprint density at radius 3 is 2.70 bits per heavy atom. The molecular formula is C14H17NO3S2. The molecule has 4 nitrogen and oxygen atoms in total. The third-order valence-corrected chi connectivity index (χ3v) is 5.65. The number of hydrogen-bond acceptors (Lipinski definition) is 4. The highest BCUT2D eigenvalue weighted by Crippen LogP contribution is 2.20. The van der Waals surface area contributed by atoms with Crippen molar-refractivity contribution in [1.82, 2.24) is 4.72 Å². The van der Waals surface area contributed by atoms with Crippen LogP contribution in [0.2, 0.25) is 0 Å². The lowest BCUT2D eigenvalue weighted by molar-refractivity contribution is 0.350. The standard InChI is InChI=1S/C14H17NO3S2/c16-9-3-5-12-4-1-2-6-14(12)20(17,18)15-13-7-10-19-11-8-13/h1-2,4,6,13,15-16H,7-11H2. The Bertz CT molecular complexity index is 611. The summed E-state index contributed by atoms with van der Waals surface area (Å²) in [7, 11) is -3.56. The summed E-state index contributed by atoms with van der Waals surface area (Å²) in [5.74, 6) is 7.14. The molecule has 1 aliphatic heterocycles. The fourth-order valence-corrected chi connectivity index (χ4v) is 4.61. The highest BCUT2D eigenvalue weighted by Gasteiger charge is 2.23. The first-order valence-corrected chi connectivity index (χ1v) is 9.06. The Balaban J connectivity index is 2.24. The van der Waals surface area contributed by atoms with Crippen molar-refractivity contribution in [1.29, 1.82) is 0 Å². The van der Waals surface area contributed by atoms with Crippen LogP contribution in [0.25, 0.3) is 0 Å². The molecule has 1 aromatic rings. The smallest absolute Gasteiger partial charge is 0.242 e. The fourth-order valence-electron chi connectivity index (χ4n) is 2.04. The second-order valence-electron chi connectivity index (χ2n) is 4.46. The maximum absolute atomic E-state index is 12.4. The van der Waals surface area contributed by atoms with Crippen LogP contribution < -0.4 is 4.72 Å². The van der Waals surface area contributed by atoms with Crippen LogP contribution in [0.4, 0.5) is 0 Å². The van der Waals surface area contributed by atoms with Gasteiger partial charge in [0, 0.05) is 11.6 Å². The minimum Gasteiger partial charge on any atom is -0.384 e. The molecule has 0 unspecified atom stereocenters. The van der Waals surface area contributed by atoms with E-state index in [1.165, 1.54) is 0 Å². The van der Waals surface area contributed by atoms with Gasteiger partial charge in [0.15, 0.2) is 0 Å². The third kappa shape index (κ3) is 4.00. The number of hydrogen-bond donors (Lipinski definition) is 2. The predicted octanol–water partition coefficient (Wildman–Crippen LogP) is 1.20. The number of rotatable bonds is 3. The number of sulfonamides is 1. The van der Waals surface area contributed by atoms with E-state index in [-0.39, 0.29) is 17.5 Å². The van der Waals surface area contributed by atoms with Gasteiger partial charge in [0.1, 0.15) is 6.61 Å². The summed E-state index contributed by atoms with van der Waals surface area (Å²) in [5, 5.41) is 8.74. The van der Waals surface area contributed by atoms with Crippen LogP contribution in [0.15, 0.2) is 29.2 Å². The third-order valence-electron chi connectivity index (χ3n) is 3.02. The normalized spacial score (nSPS) is 16.4. The molecule has 1 heterocycles. The Kier molecular flexibility index (Phi) is 5.49. The van der Waals surface area contributed by atoms with Crippen molar-refractivity contribution in [2.24, 2.45) is 0 Å². The first kappa shape index (κ1) is 15.4. The van der Waals surface area contributed by atoms with Gasteiger partial charge in [-0.25, -0.2) is 13.1 Å². The fraction of sp³-hybridized carbons (Fsp3) is 0.429. The highest BCUT2D eigenvalue weighted by molar-refractivity contribution is 7.99. The molecule has 0 atom stereocenters.